The molecule has 0 aliphatic rings. The van der Waals surface area contributed by atoms with Crippen molar-refractivity contribution in [1.29, 1.82) is 0 Å². The third-order valence-corrected chi connectivity index (χ3v) is 8.07. The van der Waals surface area contributed by atoms with E-state index in [-0.39, 0.29) is 0 Å². The molecule has 42 heavy (non-hydrogen) atoms. The lowest BCUT2D eigenvalue weighted by Gasteiger charge is -2.13. The maximum Gasteiger partial charge on any atom is 0.164 e. The molecule has 0 bridgehead atoms. The SMILES string of the molecule is c1ccc(-c2cc(-c3ccccc3)nc(-n3c4ccccc4c4cnc5c(ncc6c7ccccc7oc65)c43)c2)cc1. The Balaban J connectivity index is 1.42. The Hall–Kier alpha value is -5.81. The molecule has 5 heteroatoms. The summed E-state index contributed by atoms with van der Waals surface area (Å²) in [6, 6.07) is 41.6. The fourth-order valence-corrected chi connectivity index (χ4v) is 6.14. The number of para-hydroxylation sites is 2. The number of rotatable bonds is 3. The van der Waals surface area contributed by atoms with Gasteiger partial charge in [-0.05, 0) is 35.4 Å². The quantitative estimate of drug-likeness (QED) is 0.225. The monoisotopic (exact) mass is 538 g/mol. The molecular weight excluding hydrogens is 516 g/mol. The number of furan rings is 1. The lowest BCUT2D eigenvalue weighted by molar-refractivity contribution is 0.671. The summed E-state index contributed by atoms with van der Waals surface area (Å²) in [5.74, 6) is 0.820. The number of hydrogen-bond acceptors (Lipinski definition) is 4. The molecule has 0 atom stereocenters. The van der Waals surface area contributed by atoms with Gasteiger partial charge in [0.15, 0.2) is 5.58 Å². The molecular formula is C37H22N4O. The second-order valence-electron chi connectivity index (χ2n) is 10.5. The number of hydrogen-bond donors (Lipinski definition) is 0. The molecule has 0 saturated heterocycles. The number of nitrogens with zero attached hydrogens (tertiary/aromatic N) is 4. The molecule has 5 nitrogen and oxygen atoms in total. The molecule has 0 fully saturated rings. The molecule has 4 aromatic carbocycles. The van der Waals surface area contributed by atoms with Crippen molar-refractivity contribution in [2.45, 2.75) is 0 Å². The van der Waals surface area contributed by atoms with Crippen molar-refractivity contribution in [3.8, 4) is 28.2 Å². The smallest absolute Gasteiger partial charge is 0.164 e. The summed E-state index contributed by atoms with van der Waals surface area (Å²) in [5, 5.41) is 4.12. The second kappa shape index (κ2) is 8.85. The molecule has 9 aromatic rings. The van der Waals surface area contributed by atoms with E-state index in [1.54, 1.807) is 0 Å². The Labute approximate surface area is 240 Å². The molecule has 196 valence electrons. The van der Waals surface area contributed by atoms with Crippen LogP contribution in [0.2, 0.25) is 0 Å². The Kier molecular flexibility index (Phi) is 4.83. The summed E-state index contributed by atoms with van der Waals surface area (Å²) in [7, 11) is 0. The van der Waals surface area contributed by atoms with E-state index < -0.39 is 0 Å². The molecule has 0 aliphatic heterocycles. The number of pyridine rings is 3. The molecule has 0 aliphatic carbocycles. The van der Waals surface area contributed by atoms with Gasteiger partial charge in [-0.1, -0.05) is 97.1 Å². The Bertz CT molecular complexity index is 2400. The summed E-state index contributed by atoms with van der Waals surface area (Å²) in [6.45, 7) is 0. The lowest BCUT2D eigenvalue weighted by atomic mass is 10.0. The van der Waals surface area contributed by atoms with Gasteiger partial charge in [-0.2, -0.15) is 0 Å². The minimum atomic E-state index is 0.739. The Morgan fingerprint density at radius 3 is 2.02 bits per heavy atom. The molecule has 5 heterocycles. The highest BCUT2D eigenvalue weighted by Gasteiger charge is 2.21. The minimum absolute atomic E-state index is 0.739. The average Bonchev–Trinajstić information content (AvgIpc) is 3.62. The van der Waals surface area contributed by atoms with Gasteiger partial charge in [-0.15, -0.1) is 0 Å². The molecule has 0 radical (unpaired) electrons. The topological polar surface area (TPSA) is 56.7 Å². The van der Waals surface area contributed by atoms with Gasteiger partial charge in [-0.3, -0.25) is 9.55 Å². The maximum atomic E-state index is 6.36. The summed E-state index contributed by atoms with van der Waals surface area (Å²) < 4.78 is 8.59. The molecule has 5 aromatic heterocycles. The van der Waals surface area contributed by atoms with Gasteiger partial charge < -0.3 is 4.42 Å². The lowest BCUT2D eigenvalue weighted by Crippen LogP contribution is -2.01. The summed E-state index contributed by atoms with van der Waals surface area (Å²) in [5.41, 5.74) is 9.29. The van der Waals surface area contributed by atoms with Gasteiger partial charge in [0.05, 0.1) is 16.7 Å². The highest BCUT2D eigenvalue weighted by atomic mass is 16.3. The van der Waals surface area contributed by atoms with Gasteiger partial charge in [0.25, 0.3) is 0 Å². The molecule has 0 saturated carbocycles. The van der Waals surface area contributed by atoms with Crippen LogP contribution in [0.25, 0.3) is 83.0 Å². The van der Waals surface area contributed by atoms with Gasteiger partial charge in [0.2, 0.25) is 0 Å². The first kappa shape index (κ1) is 22.9. The van der Waals surface area contributed by atoms with Gasteiger partial charge in [0, 0.05) is 39.5 Å². The minimum Gasteiger partial charge on any atom is -0.454 e. The summed E-state index contributed by atoms with van der Waals surface area (Å²) in [4.78, 5) is 15.2. The zero-order valence-corrected chi connectivity index (χ0v) is 22.4. The first-order valence-electron chi connectivity index (χ1n) is 13.9. The van der Waals surface area contributed by atoms with E-state index >= 15 is 0 Å². The predicted molar refractivity (Wildman–Crippen MR) is 170 cm³/mol. The van der Waals surface area contributed by atoms with Gasteiger partial charge in [-0.25, -0.2) is 9.97 Å². The van der Waals surface area contributed by atoms with Crippen LogP contribution in [0.1, 0.15) is 0 Å². The van der Waals surface area contributed by atoms with Crippen molar-refractivity contribution >= 4 is 54.8 Å². The van der Waals surface area contributed by atoms with Crippen LogP contribution in [0.15, 0.2) is 138 Å². The van der Waals surface area contributed by atoms with Crippen LogP contribution in [0, 0.1) is 0 Å². The third kappa shape index (κ3) is 3.34. The van der Waals surface area contributed by atoms with Crippen LogP contribution in [0.5, 0.6) is 0 Å². The second-order valence-corrected chi connectivity index (χ2v) is 10.5. The van der Waals surface area contributed by atoms with E-state index in [1.165, 1.54) is 0 Å². The van der Waals surface area contributed by atoms with Crippen molar-refractivity contribution < 1.29 is 4.42 Å². The van der Waals surface area contributed by atoms with Crippen molar-refractivity contribution in [2.24, 2.45) is 0 Å². The first-order chi connectivity index (χ1) is 20.8. The fraction of sp³-hybridized carbons (Fsp3) is 0. The van der Waals surface area contributed by atoms with Gasteiger partial charge >= 0.3 is 0 Å². The molecule has 0 spiro atoms. The number of aromatic nitrogens is 4. The van der Waals surface area contributed by atoms with Crippen LogP contribution < -0.4 is 0 Å². The normalized spacial score (nSPS) is 11.8. The van der Waals surface area contributed by atoms with E-state index in [0.717, 1.165) is 83.0 Å². The first-order valence-corrected chi connectivity index (χ1v) is 13.9. The Morgan fingerprint density at radius 1 is 0.524 bits per heavy atom. The van der Waals surface area contributed by atoms with Crippen molar-refractivity contribution in [2.75, 3.05) is 0 Å². The van der Waals surface area contributed by atoms with E-state index in [9.17, 15) is 0 Å². The predicted octanol–water partition coefficient (Wildman–Crippen LogP) is 9.36. The van der Waals surface area contributed by atoms with Crippen LogP contribution in [-0.2, 0) is 0 Å². The van der Waals surface area contributed by atoms with Crippen LogP contribution in [0.4, 0.5) is 0 Å². The van der Waals surface area contributed by atoms with Crippen LogP contribution in [-0.4, -0.2) is 19.5 Å². The highest BCUT2D eigenvalue weighted by Crippen LogP contribution is 2.39. The Morgan fingerprint density at radius 2 is 1.19 bits per heavy atom. The van der Waals surface area contributed by atoms with E-state index in [2.05, 4.69) is 83.4 Å². The van der Waals surface area contributed by atoms with Crippen LogP contribution >= 0.6 is 0 Å². The van der Waals surface area contributed by atoms with E-state index in [0.29, 0.717) is 0 Å². The van der Waals surface area contributed by atoms with E-state index in [4.69, 9.17) is 19.4 Å². The summed E-state index contributed by atoms with van der Waals surface area (Å²) in [6.07, 6.45) is 3.86. The van der Waals surface area contributed by atoms with Gasteiger partial charge in [0.1, 0.15) is 22.4 Å². The molecule has 9 rings (SSSR count). The number of fused-ring (bicyclic) bond motifs is 9. The van der Waals surface area contributed by atoms with Crippen LogP contribution in [0.3, 0.4) is 0 Å². The maximum absolute atomic E-state index is 6.36. The largest absolute Gasteiger partial charge is 0.454 e. The van der Waals surface area contributed by atoms with E-state index in [1.807, 2.05) is 54.9 Å². The van der Waals surface area contributed by atoms with Crippen molar-refractivity contribution in [3.05, 3.63) is 134 Å². The zero-order chi connectivity index (χ0) is 27.6. The third-order valence-electron chi connectivity index (χ3n) is 8.07. The molecule has 0 amide bonds. The molecule has 0 unspecified atom stereocenters. The molecule has 0 N–H and O–H groups in total. The highest BCUT2D eigenvalue weighted by molar-refractivity contribution is 6.21. The summed E-state index contributed by atoms with van der Waals surface area (Å²) >= 11 is 0. The standard InChI is InChI=1S/C37H22N4O/c1-3-11-23(12-4-1)25-19-30(24-13-5-2-6-14-24)40-33(20-25)41-31-17-9-7-15-26(31)28-21-39-35-34(36(28)41)38-22-29-27-16-8-10-18-32(27)42-37(29)35/h1-22H. The number of benzene rings is 4. The fourth-order valence-electron chi connectivity index (χ4n) is 6.14. The average molecular weight is 539 g/mol. The van der Waals surface area contributed by atoms with Crippen molar-refractivity contribution in [3.63, 3.8) is 0 Å². The zero-order valence-electron chi connectivity index (χ0n) is 22.4. The van der Waals surface area contributed by atoms with Crippen molar-refractivity contribution in [1.82, 2.24) is 19.5 Å².